The number of unbranched alkanes of at least 4 members (excludes halogenated alkanes) is 1. The highest BCUT2D eigenvalue weighted by molar-refractivity contribution is 8.01. The SMILES string of the molecule is Cc1cc2c(s1)SCCN(CCCCN1CCNCC1Cc1ccc(-c3ccc(Cl)cc3)cc1)C2=O.O=C(O)/C=C\C(=O)O. The van der Waals surface area contributed by atoms with Crippen molar-refractivity contribution in [3.63, 3.8) is 0 Å². The second kappa shape index (κ2) is 16.8. The van der Waals surface area contributed by atoms with Crippen molar-refractivity contribution in [3.8, 4) is 11.1 Å². The van der Waals surface area contributed by atoms with Crippen LogP contribution in [0.1, 0.15) is 33.6 Å². The smallest absolute Gasteiger partial charge is 0.328 e. The van der Waals surface area contributed by atoms with Crippen LogP contribution in [-0.4, -0.2) is 88.9 Å². The molecule has 0 saturated carbocycles. The third-order valence-corrected chi connectivity index (χ3v) is 10.1. The van der Waals surface area contributed by atoms with Crippen molar-refractivity contribution in [1.29, 1.82) is 0 Å². The summed E-state index contributed by atoms with van der Waals surface area (Å²) in [4.78, 5) is 38.1. The van der Waals surface area contributed by atoms with Gasteiger partial charge in [0.1, 0.15) is 0 Å². The van der Waals surface area contributed by atoms with E-state index in [2.05, 4.69) is 64.5 Å². The lowest BCUT2D eigenvalue weighted by Gasteiger charge is -2.36. The van der Waals surface area contributed by atoms with Gasteiger partial charge in [0.25, 0.3) is 5.91 Å². The normalized spacial score (nSPS) is 17.1. The van der Waals surface area contributed by atoms with E-state index >= 15 is 0 Å². The van der Waals surface area contributed by atoms with Gasteiger partial charge < -0.3 is 20.4 Å². The fourth-order valence-corrected chi connectivity index (χ4v) is 7.82. The number of rotatable bonds is 10. The van der Waals surface area contributed by atoms with E-state index in [1.165, 1.54) is 25.8 Å². The summed E-state index contributed by atoms with van der Waals surface area (Å²) >= 11 is 9.63. The maximum absolute atomic E-state index is 13.0. The zero-order chi connectivity index (χ0) is 31.5. The standard InChI is InChI=1S/C29H34ClN3OS2.C4H4O4/c1-21-18-27-28(34)33(16-17-35-29(27)36-21)14-3-2-13-32-15-12-31-20-26(32)19-22-4-6-23(7-5-22)24-8-10-25(30)11-9-24;5-3(6)1-2-4(7)8/h4-11,18,26,31H,2-3,12-17,19-20H2,1H3;1-2H,(H,5,6)(H,7,8)/b;2-1-. The highest BCUT2D eigenvalue weighted by Gasteiger charge is 2.25. The van der Waals surface area contributed by atoms with Gasteiger partial charge in [0.2, 0.25) is 0 Å². The Hall–Kier alpha value is -3.15. The van der Waals surface area contributed by atoms with Crippen LogP contribution in [0.4, 0.5) is 0 Å². The molecule has 1 atom stereocenters. The molecule has 5 rings (SSSR count). The van der Waals surface area contributed by atoms with E-state index in [1.807, 2.05) is 23.9 Å². The van der Waals surface area contributed by atoms with E-state index in [-0.39, 0.29) is 5.91 Å². The summed E-state index contributed by atoms with van der Waals surface area (Å²) in [7, 11) is 0. The van der Waals surface area contributed by atoms with Crippen molar-refractivity contribution in [1.82, 2.24) is 15.1 Å². The van der Waals surface area contributed by atoms with E-state index < -0.39 is 11.9 Å². The highest BCUT2D eigenvalue weighted by atomic mass is 35.5. The lowest BCUT2D eigenvalue weighted by atomic mass is 9.99. The van der Waals surface area contributed by atoms with Crippen molar-refractivity contribution in [2.75, 3.05) is 45.0 Å². The minimum atomic E-state index is -1.26. The fourth-order valence-electron chi connectivity index (χ4n) is 5.29. The molecule has 0 aliphatic carbocycles. The quantitative estimate of drug-likeness (QED) is 0.182. The summed E-state index contributed by atoms with van der Waals surface area (Å²) in [5.41, 5.74) is 4.71. The molecule has 3 N–H and O–H groups in total. The van der Waals surface area contributed by atoms with Crippen LogP contribution in [0.5, 0.6) is 0 Å². The average molecular weight is 656 g/mol. The van der Waals surface area contributed by atoms with Crippen molar-refractivity contribution in [2.24, 2.45) is 0 Å². The van der Waals surface area contributed by atoms with Crippen LogP contribution in [-0.2, 0) is 16.0 Å². The minimum Gasteiger partial charge on any atom is -0.478 e. The van der Waals surface area contributed by atoms with Gasteiger partial charge in [-0.1, -0.05) is 48.0 Å². The minimum absolute atomic E-state index is 0.224. The van der Waals surface area contributed by atoms with Crippen LogP contribution in [0.25, 0.3) is 11.1 Å². The number of thioether (sulfide) groups is 1. The molecule has 0 spiro atoms. The van der Waals surface area contributed by atoms with Crippen LogP contribution >= 0.6 is 34.7 Å². The molecule has 0 radical (unpaired) electrons. The van der Waals surface area contributed by atoms with E-state index in [9.17, 15) is 14.4 Å². The molecule has 3 heterocycles. The van der Waals surface area contributed by atoms with E-state index in [4.69, 9.17) is 21.8 Å². The molecule has 44 heavy (non-hydrogen) atoms. The first-order valence-electron chi connectivity index (χ1n) is 14.7. The molecular formula is C33H38ClN3O5S2. The number of nitrogens with zero attached hydrogens (tertiary/aromatic N) is 2. The maximum atomic E-state index is 13.0. The second-order valence-corrected chi connectivity index (χ2v) is 13.8. The lowest BCUT2D eigenvalue weighted by Crippen LogP contribution is -2.52. The molecule has 1 amide bonds. The van der Waals surface area contributed by atoms with E-state index in [0.29, 0.717) is 18.2 Å². The molecule has 1 unspecified atom stereocenters. The molecule has 11 heteroatoms. The first-order chi connectivity index (χ1) is 21.2. The predicted octanol–water partition coefficient (Wildman–Crippen LogP) is 5.93. The molecule has 1 aromatic heterocycles. The number of hydrogen-bond acceptors (Lipinski definition) is 7. The molecule has 2 aliphatic heterocycles. The summed E-state index contributed by atoms with van der Waals surface area (Å²) in [6.07, 6.45) is 4.35. The third kappa shape index (κ3) is 10.2. The van der Waals surface area contributed by atoms with Gasteiger partial charge in [0.05, 0.1) is 9.77 Å². The Morgan fingerprint density at radius 3 is 2.27 bits per heavy atom. The van der Waals surface area contributed by atoms with E-state index in [1.54, 1.807) is 11.3 Å². The van der Waals surface area contributed by atoms with Crippen molar-refractivity contribution in [3.05, 3.63) is 87.8 Å². The van der Waals surface area contributed by atoms with Crippen LogP contribution in [0.2, 0.25) is 5.02 Å². The van der Waals surface area contributed by atoms with Gasteiger partial charge in [0, 0.05) is 66.6 Å². The fraction of sp³-hybridized carbons (Fsp3) is 0.364. The number of hydrogen-bond donors (Lipinski definition) is 3. The van der Waals surface area contributed by atoms with Crippen LogP contribution < -0.4 is 5.32 Å². The number of carbonyl (C=O) groups is 3. The van der Waals surface area contributed by atoms with Crippen molar-refractivity contribution >= 4 is 52.5 Å². The predicted molar refractivity (Wildman–Crippen MR) is 178 cm³/mol. The summed E-state index contributed by atoms with van der Waals surface area (Å²) in [5, 5.41) is 20.0. The summed E-state index contributed by atoms with van der Waals surface area (Å²) in [5.74, 6) is -1.30. The number of amides is 1. The summed E-state index contributed by atoms with van der Waals surface area (Å²) in [6, 6.07) is 19.6. The molecule has 234 valence electrons. The molecule has 2 aliphatic rings. The number of halogens is 1. The second-order valence-electron chi connectivity index (χ2n) is 10.7. The molecule has 1 fully saturated rings. The molecule has 8 nitrogen and oxygen atoms in total. The van der Waals surface area contributed by atoms with Crippen LogP contribution in [0, 0.1) is 6.92 Å². The number of carboxylic acid groups (broad SMARTS) is 2. The maximum Gasteiger partial charge on any atom is 0.328 e. The number of fused-ring (bicyclic) bond motifs is 1. The van der Waals surface area contributed by atoms with E-state index in [0.717, 1.165) is 74.9 Å². The van der Waals surface area contributed by atoms with Gasteiger partial charge in [-0.3, -0.25) is 9.69 Å². The first kappa shape index (κ1) is 33.7. The van der Waals surface area contributed by atoms with Crippen molar-refractivity contribution in [2.45, 2.75) is 36.4 Å². The number of benzene rings is 2. The summed E-state index contributed by atoms with van der Waals surface area (Å²) in [6.45, 7) is 8.06. The molecule has 0 bridgehead atoms. The first-order valence-corrected chi connectivity index (χ1v) is 16.8. The molecule has 1 saturated heterocycles. The zero-order valence-electron chi connectivity index (χ0n) is 24.7. The van der Waals surface area contributed by atoms with Crippen molar-refractivity contribution < 1.29 is 24.6 Å². The zero-order valence-corrected chi connectivity index (χ0v) is 27.1. The van der Waals surface area contributed by atoms with Gasteiger partial charge in [-0.2, -0.15) is 0 Å². The Morgan fingerprint density at radius 1 is 0.977 bits per heavy atom. The van der Waals surface area contributed by atoms with Gasteiger partial charge in [-0.25, -0.2) is 9.59 Å². The Morgan fingerprint density at radius 2 is 1.61 bits per heavy atom. The van der Waals surface area contributed by atoms with Crippen LogP contribution in [0.15, 0.2) is 71.0 Å². The average Bonchev–Trinajstić information content (AvgIpc) is 3.32. The largest absolute Gasteiger partial charge is 0.478 e. The Labute approximate surface area is 271 Å². The Balaban J connectivity index is 0.000000488. The van der Waals surface area contributed by atoms with Gasteiger partial charge in [-0.15, -0.1) is 23.1 Å². The number of piperazine rings is 1. The van der Waals surface area contributed by atoms with Gasteiger partial charge in [0.15, 0.2) is 0 Å². The third-order valence-electron chi connectivity index (χ3n) is 7.50. The number of aliphatic carboxylic acids is 2. The molecular weight excluding hydrogens is 618 g/mol. The Kier molecular flexibility index (Phi) is 12.9. The molecule has 2 aromatic carbocycles. The number of carboxylic acids is 2. The highest BCUT2D eigenvalue weighted by Crippen LogP contribution is 2.35. The number of aryl methyl sites for hydroxylation is 1. The van der Waals surface area contributed by atoms with Gasteiger partial charge in [-0.05, 0) is 67.6 Å². The summed E-state index contributed by atoms with van der Waals surface area (Å²) < 4.78 is 1.20. The Bertz CT molecular complexity index is 1430. The monoisotopic (exact) mass is 655 g/mol. The number of nitrogens with one attached hydrogen (secondary N) is 1. The molecule has 3 aromatic rings. The lowest BCUT2D eigenvalue weighted by molar-refractivity contribution is -0.134. The van der Waals surface area contributed by atoms with Crippen LogP contribution in [0.3, 0.4) is 0 Å². The number of thiophene rings is 1. The topological polar surface area (TPSA) is 110 Å². The number of carbonyl (C=O) groups excluding carboxylic acids is 1. The van der Waals surface area contributed by atoms with Gasteiger partial charge >= 0.3 is 11.9 Å².